The van der Waals surface area contributed by atoms with E-state index in [0.717, 1.165) is 81.1 Å². The van der Waals surface area contributed by atoms with Crippen molar-refractivity contribution in [1.82, 2.24) is 9.97 Å². The Labute approximate surface area is 342 Å². The number of hydrogen-bond acceptors (Lipinski definition) is 3. The van der Waals surface area contributed by atoms with Gasteiger partial charge in [0.2, 0.25) is 0 Å². The van der Waals surface area contributed by atoms with E-state index in [0.29, 0.717) is 16.8 Å². The Morgan fingerprint density at radius 2 is 1.54 bits per heavy atom. The fraction of sp³-hybridized carbons (Fsp3) is 0.200. The van der Waals surface area contributed by atoms with Gasteiger partial charge in [-0.2, -0.15) is 0 Å². The smallest absolute Gasteiger partial charge is 0.128 e. The third-order valence-corrected chi connectivity index (χ3v) is 10.3. The van der Waals surface area contributed by atoms with Gasteiger partial charge in [-0.25, -0.2) is 0 Å². The number of nitrogens with zero attached hydrogens (tertiary/aromatic N) is 2. The van der Waals surface area contributed by atoms with Gasteiger partial charge in [-0.1, -0.05) is 110 Å². The van der Waals surface area contributed by atoms with Crippen LogP contribution in [0.2, 0.25) is 0 Å². The third-order valence-electron chi connectivity index (χ3n) is 10.3. The largest absolute Gasteiger partial charge is 0.500 e. The van der Waals surface area contributed by atoms with Crippen LogP contribution in [0, 0.1) is 31.3 Å². The van der Waals surface area contributed by atoms with E-state index >= 15 is 0 Å². The van der Waals surface area contributed by atoms with Crippen molar-refractivity contribution in [2.24, 2.45) is 5.41 Å². The second-order valence-corrected chi connectivity index (χ2v) is 14.4. The van der Waals surface area contributed by atoms with Gasteiger partial charge >= 0.3 is 0 Å². The van der Waals surface area contributed by atoms with Gasteiger partial charge in [0.1, 0.15) is 5.58 Å². The zero-order valence-electron chi connectivity index (χ0n) is 37.2. The second kappa shape index (κ2) is 16.1. The summed E-state index contributed by atoms with van der Waals surface area (Å²) in [5, 5.41) is 1.99. The summed E-state index contributed by atoms with van der Waals surface area (Å²) in [7, 11) is 0. The van der Waals surface area contributed by atoms with Crippen LogP contribution in [0.1, 0.15) is 71.7 Å². The van der Waals surface area contributed by atoms with Gasteiger partial charge in [0, 0.05) is 53.0 Å². The normalized spacial score (nSPS) is 16.9. The Kier molecular flexibility index (Phi) is 8.70. The molecule has 0 saturated heterocycles. The van der Waals surface area contributed by atoms with E-state index in [2.05, 4.69) is 60.2 Å². The molecule has 3 heterocycles. The molecular formula is C50H44IrN2O-2. The van der Waals surface area contributed by atoms with Crippen LogP contribution in [-0.4, -0.2) is 9.97 Å². The first-order valence-corrected chi connectivity index (χ1v) is 18.1. The third kappa shape index (κ3) is 7.87. The molecule has 0 N–H and O–H groups in total. The van der Waals surface area contributed by atoms with Crippen molar-refractivity contribution in [2.75, 3.05) is 0 Å². The van der Waals surface area contributed by atoms with Crippen molar-refractivity contribution in [3.8, 4) is 44.8 Å². The number of pyridine rings is 2. The summed E-state index contributed by atoms with van der Waals surface area (Å²) < 4.78 is 62.8. The van der Waals surface area contributed by atoms with Crippen LogP contribution in [0.3, 0.4) is 0 Å². The molecule has 1 fully saturated rings. The van der Waals surface area contributed by atoms with Crippen LogP contribution >= 0.6 is 0 Å². The van der Waals surface area contributed by atoms with E-state index in [9.17, 15) is 1.37 Å². The SMILES string of the molecule is [2H]C([2H])([2H])c1cc(C2([2H])CCC(C)(C)CC2)ccc1-c1ccnc(-c2[c-]ccc3c2oc2c(-c4ccccc4)cccc23)c1.[2H]C([2H])([2H])c1ccc(-c2[c-]cccc2)nc1.[Ir]. The standard InChI is InChI=1S/C38H34NO.C12H10N.Ir/c1-25-23-28(26-17-20-38(2,3)21-18-26)15-16-30(25)29-19-22-39-35(24-29)34-14-8-13-33-32-12-7-11-31(36(32)40-37(33)34)27-9-5-4-6-10-27;1-10-7-8-12(13-9-10)11-5-3-2-4-6-11;/h4-13,15-16,19,22-24,26H,17-18,20-21H2,1-3H3;2-5,7-9H,1H3;/q2*-1;/i1D3,26D;1D3;. The zero-order chi connectivity index (χ0) is 42.3. The van der Waals surface area contributed by atoms with Gasteiger partial charge in [-0.15, -0.1) is 54.1 Å². The van der Waals surface area contributed by atoms with Crippen molar-refractivity contribution < 1.29 is 34.1 Å². The van der Waals surface area contributed by atoms with E-state index in [1.54, 1.807) is 30.5 Å². The minimum atomic E-state index is -2.34. The molecule has 0 bridgehead atoms. The molecule has 271 valence electrons. The predicted octanol–water partition coefficient (Wildman–Crippen LogP) is 13.6. The first-order valence-electron chi connectivity index (χ1n) is 21.6. The minimum Gasteiger partial charge on any atom is -0.500 e. The summed E-state index contributed by atoms with van der Waals surface area (Å²) in [4.78, 5) is 8.81. The molecule has 0 atom stereocenters. The predicted molar refractivity (Wildman–Crippen MR) is 220 cm³/mol. The van der Waals surface area contributed by atoms with Crippen molar-refractivity contribution in [1.29, 1.82) is 0 Å². The molecule has 1 aliphatic rings. The fourth-order valence-corrected chi connectivity index (χ4v) is 7.17. The molecule has 5 aromatic carbocycles. The molecule has 0 aliphatic heterocycles. The van der Waals surface area contributed by atoms with Gasteiger partial charge in [0.25, 0.3) is 0 Å². The van der Waals surface area contributed by atoms with Crippen LogP contribution in [0.15, 0.2) is 144 Å². The summed E-state index contributed by atoms with van der Waals surface area (Å²) in [6.07, 6.45) is 6.45. The summed E-state index contributed by atoms with van der Waals surface area (Å²) in [5.41, 5.74) is 9.46. The van der Waals surface area contributed by atoms with Gasteiger partial charge in [0.15, 0.2) is 0 Å². The number of rotatable bonds is 5. The van der Waals surface area contributed by atoms with Crippen molar-refractivity contribution in [2.45, 2.75) is 59.1 Å². The Morgan fingerprint density at radius 3 is 2.30 bits per heavy atom. The molecule has 1 aliphatic carbocycles. The molecule has 0 spiro atoms. The maximum atomic E-state index is 9.25. The van der Waals surface area contributed by atoms with Gasteiger partial charge in [-0.05, 0) is 102 Å². The second-order valence-electron chi connectivity index (χ2n) is 14.4. The molecular weight excluding hydrogens is 837 g/mol. The zero-order valence-corrected chi connectivity index (χ0v) is 32.6. The minimum absolute atomic E-state index is 0. The van der Waals surface area contributed by atoms with Crippen LogP contribution < -0.4 is 0 Å². The van der Waals surface area contributed by atoms with E-state index in [-0.39, 0.29) is 36.6 Å². The summed E-state index contributed by atoms with van der Waals surface area (Å²) >= 11 is 0. The number of aryl methyl sites for hydroxylation is 2. The van der Waals surface area contributed by atoms with Crippen LogP contribution in [-0.2, 0) is 20.1 Å². The molecule has 1 radical (unpaired) electrons. The summed E-state index contributed by atoms with van der Waals surface area (Å²) in [6, 6.07) is 46.7. The Morgan fingerprint density at radius 1 is 0.704 bits per heavy atom. The van der Waals surface area contributed by atoms with Crippen LogP contribution in [0.25, 0.3) is 66.7 Å². The monoisotopic (exact) mass is 888 g/mol. The van der Waals surface area contributed by atoms with E-state index in [1.165, 1.54) is 6.20 Å². The molecule has 3 aromatic heterocycles. The number of para-hydroxylation sites is 1. The van der Waals surface area contributed by atoms with Gasteiger partial charge < -0.3 is 14.4 Å². The molecule has 8 aromatic rings. The van der Waals surface area contributed by atoms with Gasteiger partial charge in [0.05, 0.1) is 5.58 Å². The molecule has 54 heavy (non-hydrogen) atoms. The Hall–Kier alpha value is -5.15. The topological polar surface area (TPSA) is 38.9 Å². The number of hydrogen-bond donors (Lipinski definition) is 0. The average Bonchev–Trinajstić information content (AvgIpc) is 3.64. The van der Waals surface area contributed by atoms with Crippen molar-refractivity contribution in [3.63, 3.8) is 0 Å². The first-order chi connectivity index (χ1) is 28.6. The quantitative estimate of drug-likeness (QED) is 0.162. The first kappa shape index (κ1) is 29.2. The van der Waals surface area contributed by atoms with Crippen molar-refractivity contribution in [3.05, 3.63) is 169 Å². The summed E-state index contributed by atoms with van der Waals surface area (Å²) in [5.74, 6) is -0.776. The summed E-state index contributed by atoms with van der Waals surface area (Å²) in [6.45, 7) is 0.0653. The Balaban J connectivity index is 0.000000278. The fourth-order valence-electron chi connectivity index (χ4n) is 7.17. The Bertz CT molecular complexity index is 2770. The maximum Gasteiger partial charge on any atom is 0.128 e. The van der Waals surface area contributed by atoms with Gasteiger partial charge in [-0.3, -0.25) is 0 Å². The molecule has 1 saturated carbocycles. The molecule has 3 nitrogen and oxygen atoms in total. The molecule has 4 heteroatoms. The number of furan rings is 1. The van der Waals surface area contributed by atoms with Crippen molar-refractivity contribution >= 4 is 21.9 Å². The number of aromatic nitrogens is 2. The number of benzene rings is 5. The molecule has 0 unspecified atom stereocenters. The molecule has 9 rings (SSSR count). The average molecular weight is 888 g/mol. The molecule has 0 amide bonds. The van der Waals surface area contributed by atoms with Crippen LogP contribution in [0.4, 0.5) is 0 Å². The maximum absolute atomic E-state index is 9.25. The van der Waals surface area contributed by atoms with E-state index < -0.39 is 19.6 Å². The van der Waals surface area contributed by atoms with Crippen LogP contribution in [0.5, 0.6) is 0 Å². The van der Waals surface area contributed by atoms with E-state index in [1.807, 2.05) is 78.9 Å². The van der Waals surface area contributed by atoms with E-state index in [4.69, 9.17) is 12.6 Å². The number of fused-ring (bicyclic) bond motifs is 3.